The zero-order valence-corrected chi connectivity index (χ0v) is 9.73. The minimum Gasteiger partial charge on any atom is -0.342 e. The summed E-state index contributed by atoms with van der Waals surface area (Å²) < 4.78 is 0. The van der Waals surface area contributed by atoms with Crippen LogP contribution < -0.4 is 4.90 Å². The normalized spacial score (nSPS) is 15.4. The highest BCUT2D eigenvalue weighted by atomic mass is 15.1. The average Bonchev–Trinajstić information content (AvgIpc) is 2.38. The Labute approximate surface area is 98.1 Å². The van der Waals surface area contributed by atoms with Crippen LogP contribution in [0.4, 0.5) is 5.69 Å². The van der Waals surface area contributed by atoms with E-state index in [2.05, 4.69) is 47.9 Å². The molecule has 0 atom stereocenters. The van der Waals surface area contributed by atoms with Crippen LogP contribution in [0.15, 0.2) is 54.8 Å². The van der Waals surface area contributed by atoms with Crippen LogP contribution in [0.3, 0.4) is 0 Å². The molecular weight excluding hydrogens is 194 g/mol. The van der Waals surface area contributed by atoms with Gasteiger partial charge in [0, 0.05) is 17.9 Å². The lowest BCUT2D eigenvalue weighted by Gasteiger charge is -2.28. The second-order valence-electron chi connectivity index (χ2n) is 4.18. The second-order valence-corrected chi connectivity index (χ2v) is 4.18. The van der Waals surface area contributed by atoms with Crippen molar-refractivity contribution in [2.45, 2.75) is 25.7 Å². The molecule has 16 heavy (non-hydrogen) atoms. The maximum absolute atomic E-state index is 3.85. The zero-order valence-electron chi connectivity index (χ0n) is 9.73. The topological polar surface area (TPSA) is 3.24 Å². The van der Waals surface area contributed by atoms with E-state index in [1.807, 2.05) is 6.08 Å². The number of nitrogens with zero attached hydrogens (tertiary/aromatic N) is 1. The summed E-state index contributed by atoms with van der Waals surface area (Å²) in [5.41, 5.74) is 2.73. The summed E-state index contributed by atoms with van der Waals surface area (Å²) in [6, 6.07) is 10.6. The van der Waals surface area contributed by atoms with Gasteiger partial charge < -0.3 is 4.90 Å². The van der Waals surface area contributed by atoms with Gasteiger partial charge in [0.2, 0.25) is 0 Å². The van der Waals surface area contributed by atoms with Crippen molar-refractivity contribution in [1.29, 1.82) is 0 Å². The summed E-state index contributed by atoms with van der Waals surface area (Å²) in [5, 5.41) is 0. The van der Waals surface area contributed by atoms with Crippen LogP contribution in [0, 0.1) is 0 Å². The van der Waals surface area contributed by atoms with Gasteiger partial charge in [0.1, 0.15) is 0 Å². The van der Waals surface area contributed by atoms with E-state index < -0.39 is 0 Å². The molecule has 0 bridgehead atoms. The molecule has 0 heterocycles. The van der Waals surface area contributed by atoms with Crippen molar-refractivity contribution < 1.29 is 0 Å². The average molecular weight is 213 g/mol. The van der Waals surface area contributed by atoms with Crippen LogP contribution in [0.1, 0.15) is 25.7 Å². The number of rotatable bonds is 4. The van der Waals surface area contributed by atoms with E-state index in [9.17, 15) is 0 Å². The third kappa shape index (κ3) is 2.54. The molecule has 0 unspecified atom stereocenters. The van der Waals surface area contributed by atoms with Crippen LogP contribution >= 0.6 is 0 Å². The SMILES string of the molecule is C=CCN(C1=CCCCC1)c1ccccc1. The molecule has 0 saturated carbocycles. The first-order valence-electron chi connectivity index (χ1n) is 6.04. The first-order valence-corrected chi connectivity index (χ1v) is 6.04. The predicted octanol–water partition coefficient (Wildman–Crippen LogP) is 4.14. The summed E-state index contributed by atoms with van der Waals surface area (Å²) in [5.74, 6) is 0. The largest absolute Gasteiger partial charge is 0.342 e. The Morgan fingerprint density at radius 2 is 2.00 bits per heavy atom. The number of benzene rings is 1. The van der Waals surface area contributed by atoms with Gasteiger partial charge in [-0.2, -0.15) is 0 Å². The number of hydrogen-bond acceptors (Lipinski definition) is 1. The van der Waals surface area contributed by atoms with Crippen molar-refractivity contribution in [3.63, 3.8) is 0 Å². The quantitative estimate of drug-likeness (QED) is 0.679. The van der Waals surface area contributed by atoms with Gasteiger partial charge in [-0.25, -0.2) is 0 Å². The van der Waals surface area contributed by atoms with E-state index in [4.69, 9.17) is 0 Å². The first kappa shape index (κ1) is 11.0. The molecule has 0 N–H and O–H groups in total. The highest BCUT2D eigenvalue weighted by Gasteiger charge is 2.12. The number of para-hydroxylation sites is 1. The predicted molar refractivity (Wildman–Crippen MR) is 70.5 cm³/mol. The molecule has 0 fully saturated rings. The minimum absolute atomic E-state index is 0.899. The fraction of sp³-hybridized carbons (Fsp3) is 0.333. The smallest absolute Gasteiger partial charge is 0.0411 e. The maximum Gasteiger partial charge on any atom is 0.0411 e. The van der Waals surface area contributed by atoms with Crippen LogP contribution in [-0.4, -0.2) is 6.54 Å². The van der Waals surface area contributed by atoms with Gasteiger partial charge in [0.25, 0.3) is 0 Å². The third-order valence-electron chi connectivity index (χ3n) is 2.99. The lowest BCUT2D eigenvalue weighted by Crippen LogP contribution is -2.23. The molecule has 2 rings (SSSR count). The Balaban J connectivity index is 2.23. The van der Waals surface area contributed by atoms with Gasteiger partial charge in [0.15, 0.2) is 0 Å². The molecule has 1 nitrogen and oxygen atoms in total. The van der Waals surface area contributed by atoms with Gasteiger partial charge in [-0.15, -0.1) is 6.58 Å². The number of hydrogen-bond donors (Lipinski definition) is 0. The molecule has 1 aliphatic rings. The maximum atomic E-state index is 3.85. The molecule has 1 heteroatoms. The van der Waals surface area contributed by atoms with Crippen molar-refractivity contribution in [2.75, 3.05) is 11.4 Å². The molecule has 1 aliphatic carbocycles. The highest BCUT2D eigenvalue weighted by Crippen LogP contribution is 2.26. The molecule has 1 aromatic carbocycles. The minimum atomic E-state index is 0.899. The fourth-order valence-electron chi connectivity index (χ4n) is 2.19. The monoisotopic (exact) mass is 213 g/mol. The molecule has 0 radical (unpaired) electrons. The van der Waals surface area contributed by atoms with Crippen molar-refractivity contribution >= 4 is 5.69 Å². The summed E-state index contributed by atoms with van der Waals surface area (Å²) in [6.07, 6.45) is 9.41. The standard InChI is InChI=1S/C15H19N/c1-2-13-16(14-9-5-3-6-10-14)15-11-7-4-8-12-15/h2-3,5-6,9-11H,1,4,7-8,12-13H2. The summed E-state index contributed by atoms with van der Waals surface area (Å²) in [7, 11) is 0. The van der Waals surface area contributed by atoms with Gasteiger partial charge in [0.05, 0.1) is 0 Å². The first-order chi connectivity index (χ1) is 7.92. The van der Waals surface area contributed by atoms with E-state index in [1.165, 1.54) is 37.1 Å². The Hall–Kier alpha value is -1.50. The van der Waals surface area contributed by atoms with E-state index in [0.29, 0.717) is 0 Å². The number of allylic oxidation sites excluding steroid dienone is 2. The molecular formula is C15H19N. The Bertz CT molecular complexity index is 364. The van der Waals surface area contributed by atoms with Crippen LogP contribution in [0.2, 0.25) is 0 Å². The Kier molecular flexibility index (Phi) is 3.81. The van der Waals surface area contributed by atoms with Crippen LogP contribution in [0.5, 0.6) is 0 Å². The van der Waals surface area contributed by atoms with E-state index >= 15 is 0 Å². The molecule has 0 spiro atoms. The third-order valence-corrected chi connectivity index (χ3v) is 2.99. The van der Waals surface area contributed by atoms with Gasteiger partial charge in [-0.1, -0.05) is 30.4 Å². The van der Waals surface area contributed by atoms with Crippen LogP contribution in [0.25, 0.3) is 0 Å². The summed E-state index contributed by atoms with van der Waals surface area (Å²) >= 11 is 0. The highest BCUT2D eigenvalue weighted by molar-refractivity contribution is 5.52. The molecule has 0 saturated heterocycles. The van der Waals surface area contributed by atoms with Crippen molar-refractivity contribution in [1.82, 2.24) is 0 Å². The lowest BCUT2D eigenvalue weighted by molar-refractivity contribution is 0.680. The summed E-state index contributed by atoms with van der Waals surface area (Å²) in [6.45, 7) is 4.75. The van der Waals surface area contributed by atoms with Crippen LogP contribution in [-0.2, 0) is 0 Å². The second kappa shape index (κ2) is 5.55. The molecule has 0 aromatic heterocycles. The fourth-order valence-corrected chi connectivity index (χ4v) is 2.19. The molecule has 1 aromatic rings. The van der Waals surface area contributed by atoms with Gasteiger partial charge >= 0.3 is 0 Å². The zero-order chi connectivity index (χ0) is 11.2. The number of anilines is 1. The Morgan fingerprint density at radius 3 is 2.62 bits per heavy atom. The Morgan fingerprint density at radius 1 is 1.19 bits per heavy atom. The molecule has 0 amide bonds. The lowest BCUT2D eigenvalue weighted by atomic mass is 10.0. The van der Waals surface area contributed by atoms with E-state index in [-0.39, 0.29) is 0 Å². The summed E-state index contributed by atoms with van der Waals surface area (Å²) in [4.78, 5) is 2.37. The van der Waals surface area contributed by atoms with E-state index in [0.717, 1.165) is 6.54 Å². The molecule has 0 aliphatic heterocycles. The van der Waals surface area contributed by atoms with Gasteiger partial charge in [-0.05, 0) is 37.8 Å². The molecule has 84 valence electrons. The van der Waals surface area contributed by atoms with Gasteiger partial charge in [-0.3, -0.25) is 0 Å². The van der Waals surface area contributed by atoms with Crippen molar-refractivity contribution in [2.24, 2.45) is 0 Å². The van der Waals surface area contributed by atoms with E-state index in [1.54, 1.807) is 0 Å². The van der Waals surface area contributed by atoms with Crippen molar-refractivity contribution in [3.8, 4) is 0 Å². The van der Waals surface area contributed by atoms with Crippen molar-refractivity contribution in [3.05, 3.63) is 54.8 Å².